The summed E-state index contributed by atoms with van der Waals surface area (Å²) in [4.78, 5) is 0. The number of anilines is 2. The van der Waals surface area contributed by atoms with Gasteiger partial charge < -0.3 is 5.32 Å². The van der Waals surface area contributed by atoms with E-state index in [2.05, 4.69) is 15.8 Å². The van der Waals surface area contributed by atoms with Crippen molar-refractivity contribution in [2.24, 2.45) is 0 Å². The lowest BCUT2D eigenvalue weighted by atomic mass is 10.2. The number of rotatable bonds is 2. The van der Waals surface area contributed by atoms with Crippen LogP contribution < -0.4 is 5.32 Å². The molecule has 3 nitrogen and oxygen atoms in total. The topological polar surface area (TPSA) is 48.7 Å². The minimum atomic E-state index is -0.269. The van der Waals surface area contributed by atoms with E-state index >= 15 is 0 Å². The van der Waals surface area contributed by atoms with E-state index in [0.29, 0.717) is 27.5 Å². The fourth-order valence-electron chi connectivity index (χ4n) is 1.45. The Morgan fingerprint density at radius 2 is 2.18 bits per heavy atom. The predicted molar refractivity (Wildman–Crippen MR) is 66.0 cm³/mol. The highest BCUT2D eigenvalue weighted by Crippen LogP contribution is 2.29. The molecule has 17 heavy (non-hydrogen) atoms. The minimum Gasteiger partial charge on any atom is -0.345 e. The maximum absolute atomic E-state index is 13.4. The third-order valence-corrected chi connectivity index (χ3v) is 3.34. The molecule has 0 radical (unpaired) electrons. The van der Waals surface area contributed by atoms with Gasteiger partial charge in [-0.15, -0.1) is 0 Å². The molecule has 0 atom stereocenters. The van der Waals surface area contributed by atoms with Crippen molar-refractivity contribution in [1.82, 2.24) is 4.37 Å². The van der Waals surface area contributed by atoms with Crippen LogP contribution in [0.15, 0.2) is 18.2 Å². The summed E-state index contributed by atoms with van der Waals surface area (Å²) < 4.78 is 17.5. The van der Waals surface area contributed by atoms with Gasteiger partial charge in [0.1, 0.15) is 22.5 Å². The number of halogens is 1. The highest BCUT2D eigenvalue weighted by atomic mass is 32.1. The van der Waals surface area contributed by atoms with Crippen LogP contribution in [-0.4, -0.2) is 4.37 Å². The fourth-order valence-corrected chi connectivity index (χ4v) is 2.21. The predicted octanol–water partition coefficient (Wildman–Crippen LogP) is 3.51. The van der Waals surface area contributed by atoms with Crippen molar-refractivity contribution in [2.75, 3.05) is 5.32 Å². The van der Waals surface area contributed by atoms with Gasteiger partial charge in [-0.2, -0.15) is 9.64 Å². The van der Waals surface area contributed by atoms with Crippen LogP contribution in [0.4, 0.5) is 15.1 Å². The highest BCUT2D eigenvalue weighted by molar-refractivity contribution is 7.10. The number of nitrogens with zero attached hydrogens (tertiary/aromatic N) is 2. The molecule has 1 N–H and O–H groups in total. The summed E-state index contributed by atoms with van der Waals surface area (Å²) in [7, 11) is 0. The van der Waals surface area contributed by atoms with Crippen molar-refractivity contribution in [2.45, 2.75) is 13.8 Å². The van der Waals surface area contributed by atoms with Gasteiger partial charge in [-0.3, -0.25) is 0 Å². The van der Waals surface area contributed by atoms with Crippen molar-refractivity contribution in [1.29, 1.82) is 5.26 Å². The van der Waals surface area contributed by atoms with E-state index in [1.54, 1.807) is 26.0 Å². The Bertz CT molecular complexity index is 598. The Morgan fingerprint density at radius 1 is 1.41 bits per heavy atom. The van der Waals surface area contributed by atoms with Crippen LogP contribution in [0.25, 0.3) is 0 Å². The van der Waals surface area contributed by atoms with E-state index in [1.807, 2.05) is 0 Å². The van der Waals surface area contributed by atoms with E-state index in [0.717, 1.165) is 0 Å². The first-order valence-corrected chi connectivity index (χ1v) is 5.79. The lowest BCUT2D eigenvalue weighted by Gasteiger charge is -2.07. The second-order valence-corrected chi connectivity index (χ2v) is 4.39. The van der Waals surface area contributed by atoms with Crippen molar-refractivity contribution < 1.29 is 4.39 Å². The summed E-state index contributed by atoms with van der Waals surface area (Å²) in [6.45, 7) is 3.47. The summed E-state index contributed by atoms with van der Waals surface area (Å²) in [6.07, 6.45) is 0. The molecule has 2 rings (SSSR count). The molecule has 0 saturated heterocycles. The molecule has 0 aliphatic carbocycles. The van der Waals surface area contributed by atoms with Crippen molar-refractivity contribution in [3.63, 3.8) is 0 Å². The van der Waals surface area contributed by atoms with E-state index < -0.39 is 0 Å². The van der Waals surface area contributed by atoms with E-state index in [1.165, 1.54) is 17.6 Å². The lowest BCUT2D eigenvalue weighted by molar-refractivity contribution is 0.619. The number of aromatic nitrogens is 1. The number of hydrogen-bond acceptors (Lipinski definition) is 4. The zero-order valence-electron chi connectivity index (χ0n) is 9.41. The van der Waals surface area contributed by atoms with E-state index in [9.17, 15) is 4.39 Å². The van der Waals surface area contributed by atoms with Crippen molar-refractivity contribution >= 4 is 22.2 Å². The number of nitrogens with one attached hydrogen (secondary N) is 1. The Balaban J connectivity index is 2.39. The van der Waals surface area contributed by atoms with Crippen LogP contribution in [0, 0.1) is 31.0 Å². The third-order valence-electron chi connectivity index (χ3n) is 2.49. The smallest absolute Gasteiger partial charge is 0.132 e. The van der Waals surface area contributed by atoms with Gasteiger partial charge in [-0.25, -0.2) is 4.39 Å². The summed E-state index contributed by atoms with van der Waals surface area (Å²) in [6, 6.07) is 6.90. The van der Waals surface area contributed by atoms with Gasteiger partial charge in [0.25, 0.3) is 0 Å². The molecule has 0 bridgehead atoms. The van der Waals surface area contributed by atoms with Crippen LogP contribution in [0.3, 0.4) is 0 Å². The first kappa shape index (κ1) is 11.6. The lowest BCUT2D eigenvalue weighted by Crippen LogP contribution is -1.95. The van der Waals surface area contributed by atoms with Gasteiger partial charge in [0.15, 0.2) is 0 Å². The monoisotopic (exact) mass is 247 g/mol. The molecule has 0 aliphatic rings. The first-order valence-electron chi connectivity index (χ1n) is 5.02. The standard InChI is InChI=1S/C12H10FN3S/c1-7-10(13)4-3-5-11(7)15-12-9(6-14)8(2)16-17-12/h3-5,15H,1-2H3. The Hall–Kier alpha value is -1.93. The molecule has 86 valence electrons. The number of hydrogen-bond donors (Lipinski definition) is 1. The van der Waals surface area contributed by atoms with Gasteiger partial charge in [0.05, 0.1) is 5.69 Å². The fraction of sp³-hybridized carbons (Fsp3) is 0.167. The molecule has 0 spiro atoms. The van der Waals surface area contributed by atoms with Gasteiger partial charge in [-0.1, -0.05) is 6.07 Å². The number of benzene rings is 1. The van der Waals surface area contributed by atoms with Crippen LogP contribution in [-0.2, 0) is 0 Å². The third kappa shape index (κ3) is 2.12. The van der Waals surface area contributed by atoms with Crippen LogP contribution >= 0.6 is 11.5 Å². The molecule has 0 unspecified atom stereocenters. The maximum Gasteiger partial charge on any atom is 0.132 e. The summed E-state index contributed by atoms with van der Waals surface area (Å²) in [5.41, 5.74) is 2.39. The molecule has 0 saturated carbocycles. The van der Waals surface area contributed by atoms with Crippen LogP contribution in [0.1, 0.15) is 16.8 Å². The van der Waals surface area contributed by atoms with Crippen LogP contribution in [0.5, 0.6) is 0 Å². The molecule has 0 fully saturated rings. The molecule has 0 amide bonds. The Kier molecular flexibility index (Phi) is 3.07. The van der Waals surface area contributed by atoms with Crippen molar-refractivity contribution in [3.05, 3.63) is 40.8 Å². The Labute approximate surface area is 103 Å². The molecule has 0 aliphatic heterocycles. The molecule has 2 aromatic rings. The average Bonchev–Trinajstić information content (AvgIpc) is 2.66. The molecule has 1 aromatic heterocycles. The summed E-state index contributed by atoms with van der Waals surface area (Å²) >= 11 is 1.20. The molecular formula is C12H10FN3S. The largest absolute Gasteiger partial charge is 0.345 e. The second-order valence-electron chi connectivity index (χ2n) is 3.62. The second kappa shape index (κ2) is 4.52. The SMILES string of the molecule is Cc1nsc(Nc2cccc(F)c2C)c1C#N. The van der Waals surface area contributed by atoms with Gasteiger partial charge in [0, 0.05) is 11.3 Å². The normalized spacial score (nSPS) is 10.0. The Morgan fingerprint density at radius 3 is 2.88 bits per heavy atom. The molecule has 1 heterocycles. The molecular weight excluding hydrogens is 237 g/mol. The maximum atomic E-state index is 13.4. The van der Waals surface area contributed by atoms with Gasteiger partial charge in [-0.05, 0) is 37.5 Å². The zero-order valence-corrected chi connectivity index (χ0v) is 10.2. The number of aryl methyl sites for hydroxylation is 1. The minimum absolute atomic E-state index is 0.269. The average molecular weight is 247 g/mol. The number of nitriles is 1. The van der Waals surface area contributed by atoms with Gasteiger partial charge >= 0.3 is 0 Å². The summed E-state index contributed by atoms with van der Waals surface area (Å²) in [5.74, 6) is -0.269. The molecule has 5 heteroatoms. The van der Waals surface area contributed by atoms with Gasteiger partial charge in [0.2, 0.25) is 0 Å². The zero-order chi connectivity index (χ0) is 12.4. The highest BCUT2D eigenvalue weighted by Gasteiger charge is 2.11. The summed E-state index contributed by atoms with van der Waals surface area (Å²) in [5, 5.41) is 12.7. The van der Waals surface area contributed by atoms with Crippen molar-refractivity contribution in [3.8, 4) is 6.07 Å². The van der Waals surface area contributed by atoms with Crippen LogP contribution in [0.2, 0.25) is 0 Å². The molecule has 1 aromatic carbocycles. The quantitative estimate of drug-likeness (QED) is 0.883. The first-order chi connectivity index (χ1) is 8.13. The van der Waals surface area contributed by atoms with E-state index in [4.69, 9.17) is 5.26 Å². The van der Waals surface area contributed by atoms with E-state index in [-0.39, 0.29) is 5.82 Å².